The van der Waals surface area contributed by atoms with Crippen LogP contribution < -0.4 is 0 Å². The highest BCUT2D eigenvalue weighted by atomic mass is 32.1. The van der Waals surface area contributed by atoms with E-state index in [1.807, 2.05) is 97.1 Å². The molecule has 2 aliphatic heterocycles. The number of rotatable bonds is 8. The Labute approximate surface area is 383 Å². The van der Waals surface area contributed by atoms with Gasteiger partial charge in [0.25, 0.3) is 0 Å². The number of hydrogen-bond donors (Lipinski definition) is 2. The fourth-order valence-corrected chi connectivity index (χ4v) is 11.8. The van der Waals surface area contributed by atoms with E-state index in [0.717, 1.165) is 37.6 Å². The summed E-state index contributed by atoms with van der Waals surface area (Å²) in [5.74, 6) is -0.854. The molecule has 8 nitrogen and oxygen atoms in total. The molecule has 2 N–H and O–H groups in total. The number of aromatic nitrogens is 4. The summed E-state index contributed by atoms with van der Waals surface area (Å²) in [6, 6.07) is 23.0. The molecule has 9 heterocycles. The minimum atomic E-state index is -0.223. The zero-order valence-corrected chi connectivity index (χ0v) is 38.5. The summed E-state index contributed by atoms with van der Waals surface area (Å²) < 4.78 is 6.57. The van der Waals surface area contributed by atoms with Crippen LogP contribution >= 0.6 is 45.3 Å². The SMILES string of the molecule is C=C(C)C(=O)c1c2nc(c3ccc([nH]3)c(C(=O)C(=C)C)c3ccc(s3)c3ccc(s3)c(C(=O)C(=C)C)c3nc(c4ccc([nH]4)c(C(=O)C(=C)C)c4ccc(s4)c4ccc1s4)C=C3)C=C2. The van der Waals surface area contributed by atoms with Crippen molar-refractivity contribution in [2.24, 2.45) is 0 Å². The molecule has 0 aromatic carbocycles. The van der Waals surface area contributed by atoms with Crippen LogP contribution in [-0.2, 0) is 0 Å². The highest BCUT2D eigenvalue weighted by Gasteiger charge is 2.21. The molecule has 0 spiro atoms. The number of carbonyl (C=O) groups excluding carboxylic acids is 4. The standard InChI is InChI=1S/C52H38N4O4S4/c1-25(2)49(57)45-33-13-9-29(53-33)30-10-14-34(54-30)46(50(58)26(3)4)43-23-19-39(63-43)40-20-24-44(64-40)48(52(60)28(7)8)36-16-12-32(56-36)31-11-15-35(55-31)47(51(59)27(5)6)42-22-18-38(62-42)37-17-21-41(45)61-37/h9-24,53,56H,1,3,5,7H2,2,4,6,8H3. The molecule has 0 aliphatic carbocycles. The van der Waals surface area contributed by atoms with Crippen LogP contribution in [0.3, 0.4) is 0 Å². The molecule has 16 bridgehead atoms. The molecule has 7 aromatic heterocycles. The van der Waals surface area contributed by atoms with E-state index < -0.39 is 0 Å². The smallest absolute Gasteiger partial charge is 0.191 e. The van der Waals surface area contributed by atoms with Crippen molar-refractivity contribution in [3.63, 3.8) is 0 Å². The molecule has 0 amide bonds. The number of nitrogens with one attached hydrogen (secondary N) is 2. The zero-order chi connectivity index (χ0) is 45.1. The van der Waals surface area contributed by atoms with Gasteiger partial charge in [-0.1, -0.05) is 26.3 Å². The average Bonchev–Trinajstić information content (AvgIpc) is 4.10. The van der Waals surface area contributed by atoms with E-state index in [1.54, 1.807) is 27.7 Å². The number of H-pyrrole nitrogens is 2. The predicted octanol–water partition coefficient (Wildman–Crippen LogP) is 14.8. The summed E-state index contributed by atoms with van der Waals surface area (Å²) in [4.78, 5) is 72.3. The average molecular weight is 911 g/mol. The van der Waals surface area contributed by atoms with Crippen molar-refractivity contribution in [1.29, 1.82) is 0 Å². The Morgan fingerprint density at radius 1 is 0.359 bits per heavy atom. The second-order valence-electron chi connectivity index (χ2n) is 15.6. The van der Waals surface area contributed by atoms with Gasteiger partial charge in [0.15, 0.2) is 23.1 Å². The van der Waals surface area contributed by atoms with E-state index >= 15 is 0 Å². The molecular weight excluding hydrogens is 873 g/mol. The van der Waals surface area contributed by atoms with E-state index in [0.29, 0.717) is 89.4 Å². The number of ketones is 4. The first-order valence-electron chi connectivity index (χ1n) is 20.0. The third kappa shape index (κ3) is 7.64. The van der Waals surface area contributed by atoms with Gasteiger partial charge in [0.1, 0.15) is 0 Å². The van der Waals surface area contributed by atoms with Crippen molar-refractivity contribution >= 4 is 152 Å². The largest absolute Gasteiger partial charge is 0.353 e. The van der Waals surface area contributed by atoms with Crippen LogP contribution in [0.4, 0.5) is 0 Å². The molecule has 0 unspecified atom stereocenters. The van der Waals surface area contributed by atoms with E-state index in [-0.39, 0.29) is 23.1 Å². The van der Waals surface area contributed by atoms with E-state index in [9.17, 15) is 19.2 Å². The van der Waals surface area contributed by atoms with E-state index in [4.69, 9.17) is 9.97 Å². The van der Waals surface area contributed by atoms with E-state index in [1.165, 1.54) is 45.3 Å². The highest BCUT2D eigenvalue weighted by molar-refractivity contribution is 7.31. The summed E-state index contributed by atoms with van der Waals surface area (Å²) in [7, 11) is 0. The Hall–Kier alpha value is -6.96. The molecule has 314 valence electrons. The highest BCUT2D eigenvalue weighted by Crippen LogP contribution is 2.37. The van der Waals surface area contributed by atoms with Crippen molar-refractivity contribution in [3.8, 4) is 0 Å². The van der Waals surface area contributed by atoms with Gasteiger partial charge in [-0.2, -0.15) is 0 Å². The van der Waals surface area contributed by atoms with Crippen LogP contribution in [0, 0.1) is 0 Å². The maximum atomic E-state index is 13.9. The van der Waals surface area contributed by atoms with Crippen molar-refractivity contribution in [2.75, 3.05) is 0 Å². The van der Waals surface area contributed by atoms with Gasteiger partial charge in [0, 0.05) is 37.6 Å². The molecule has 9 rings (SSSR count). The number of thiophene rings is 4. The molecular formula is C52H38N4O4S4. The fourth-order valence-electron chi connectivity index (χ4n) is 7.40. The Kier molecular flexibility index (Phi) is 11.0. The first kappa shape index (κ1) is 42.3. The lowest BCUT2D eigenvalue weighted by Gasteiger charge is -2.01. The Bertz CT molecular complexity index is 3480. The van der Waals surface area contributed by atoms with Crippen LogP contribution in [0.1, 0.15) is 91.9 Å². The summed E-state index contributed by atoms with van der Waals surface area (Å²) in [5.41, 5.74) is 8.06. The second-order valence-corrected chi connectivity index (χ2v) is 19.9. The minimum absolute atomic E-state index is 0.204. The lowest BCUT2D eigenvalue weighted by Crippen LogP contribution is -2.02. The number of aromatic amines is 2. The summed E-state index contributed by atoms with van der Waals surface area (Å²) in [6.07, 6.45) is 7.35. The third-order valence-corrected chi connectivity index (χ3v) is 15.4. The number of allylic oxidation sites excluding steroid dienone is 4. The van der Waals surface area contributed by atoms with Gasteiger partial charge in [-0.3, -0.25) is 19.2 Å². The quantitative estimate of drug-likeness (QED) is 0.115. The molecule has 0 saturated carbocycles. The normalized spacial score (nSPS) is 11.8. The second kappa shape index (κ2) is 16.6. The molecule has 2 aliphatic rings. The van der Waals surface area contributed by atoms with Crippen LogP contribution in [0.5, 0.6) is 0 Å². The number of fused-ring (bicyclic) bond motifs is 20. The zero-order valence-electron chi connectivity index (χ0n) is 35.2. The van der Waals surface area contributed by atoms with Crippen LogP contribution in [0.15, 0.2) is 121 Å². The third-order valence-electron chi connectivity index (χ3n) is 10.6. The minimum Gasteiger partial charge on any atom is -0.353 e. The molecule has 64 heavy (non-hydrogen) atoms. The van der Waals surface area contributed by atoms with E-state index in [2.05, 4.69) is 36.3 Å². The first-order chi connectivity index (χ1) is 30.7. The summed E-state index contributed by atoms with van der Waals surface area (Å²) in [5, 5.41) is 0. The topological polar surface area (TPSA) is 126 Å². The maximum absolute atomic E-state index is 13.9. The number of carbonyl (C=O) groups is 4. The number of nitrogens with zero attached hydrogens (tertiary/aromatic N) is 2. The molecule has 12 heteroatoms. The Morgan fingerprint density at radius 2 is 0.609 bits per heavy atom. The lowest BCUT2D eigenvalue weighted by atomic mass is 10.1. The van der Waals surface area contributed by atoms with Crippen LogP contribution in [0.25, 0.3) is 84.0 Å². The van der Waals surface area contributed by atoms with Gasteiger partial charge in [-0.25, -0.2) is 9.97 Å². The molecule has 0 radical (unpaired) electrons. The fraction of sp³-hybridized carbons (Fsp3) is 0.0769. The van der Waals surface area contributed by atoms with Crippen molar-refractivity contribution < 1.29 is 19.2 Å². The number of Topliss-reactive ketones (excluding diaryl/α,β-unsaturated/α-hetero) is 4. The van der Waals surface area contributed by atoms with Crippen LogP contribution in [0.2, 0.25) is 0 Å². The van der Waals surface area contributed by atoms with Gasteiger partial charge in [0.2, 0.25) is 0 Å². The lowest BCUT2D eigenvalue weighted by molar-refractivity contribution is 0.102. The monoisotopic (exact) mass is 910 g/mol. The van der Waals surface area contributed by atoms with Crippen molar-refractivity contribution in [3.05, 3.63) is 166 Å². The predicted molar refractivity (Wildman–Crippen MR) is 272 cm³/mol. The summed E-state index contributed by atoms with van der Waals surface area (Å²) in [6.45, 7) is 22.7. The Morgan fingerprint density at radius 3 is 0.922 bits per heavy atom. The summed E-state index contributed by atoms with van der Waals surface area (Å²) >= 11 is 5.84. The van der Waals surface area contributed by atoms with Crippen molar-refractivity contribution in [1.82, 2.24) is 19.9 Å². The molecule has 7 aromatic rings. The molecule has 0 saturated heterocycles. The van der Waals surface area contributed by atoms with Gasteiger partial charge in [-0.05, 0) is 147 Å². The van der Waals surface area contributed by atoms with Gasteiger partial charge < -0.3 is 9.97 Å². The molecule has 0 atom stereocenters. The molecule has 0 fully saturated rings. The van der Waals surface area contributed by atoms with Gasteiger partial charge in [0.05, 0.1) is 67.1 Å². The Balaban J connectivity index is 1.40. The maximum Gasteiger partial charge on any atom is 0.191 e. The first-order valence-corrected chi connectivity index (χ1v) is 23.3. The van der Waals surface area contributed by atoms with Crippen molar-refractivity contribution in [2.45, 2.75) is 27.7 Å². The van der Waals surface area contributed by atoms with Gasteiger partial charge >= 0.3 is 0 Å². The van der Waals surface area contributed by atoms with Crippen LogP contribution in [-0.4, -0.2) is 43.1 Å². The number of hydrogen-bond acceptors (Lipinski definition) is 10. The van der Waals surface area contributed by atoms with Gasteiger partial charge in [-0.15, -0.1) is 45.3 Å².